The minimum absolute atomic E-state index is 0.101. The Morgan fingerprint density at radius 1 is 1.15 bits per heavy atom. The van der Waals surface area contributed by atoms with Crippen LogP contribution in [0, 0.1) is 23.2 Å². The first-order chi connectivity index (χ1) is 16.1. The van der Waals surface area contributed by atoms with E-state index in [4.69, 9.17) is 9.47 Å². The number of unbranched alkanes of at least 4 members (excludes halogenated alkanes) is 2. The first-order valence-corrected chi connectivity index (χ1v) is 13.2. The first-order valence-electron chi connectivity index (χ1n) is 13.2. The number of rotatable bonds is 11. The highest BCUT2D eigenvalue weighted by molar-refractivity contribution is 5.78. The summed E-state index contributed by atoms with van der Waals surface area (Å²) in [6.45, 7) is 10.1. The highest BCUT2D eigenvalue weighted by Crippen LogP contribution is 2.48. The van der Waals surface area contributed by atoms with Crippen LogP contribution in [0.2, 0.25) is 0 Å². The van der Waals surface area contributed by atoms with E-state index in [1.807, 2.05) is 39.8 Å². The Morgan fingerprint density at radius 3 is 2.62 bits per heavy atom. The summed E-state index contributed by atoms with van der Waals surface area (Å²) in [6, 6.07) is 6.04. The predicted molar refractivity (Wildman–Crippen MR) is 134 cm³/mol. The van der Waals surface area contributed by atoms with Gasteiger partial charge in [0.05, 0.1) is 6.10 Å². The molecule has 5 nitrogen and oxygen atoms in total. The van der Waals surface area contributed by atoms with Crippen LogP contribution in [0.15, 0.2) is 18.2 Å². The van der Waals surface area contributed by atoms with Crippen LogP contribution < -0.4 is 4.74 Å². The van der Waals surface area contributed by atoms with E-state index < -0.39 is 0 Å². The zero-order chi connectivity index (χ0) is 24.9. The number of carbonyl (C=O) groups excluding carboxylic acids is 2. The Hall–Kier alpha value is -1.88. The molecule has 3 rings (SSSR count). The lowest BCUT2D eigenvalue weighted by Crippen LogP contribution is -2.31. The van der Waals surface area contributed by atoms with E-state index in [-0.39, 0.29) is 36.1 Å². The second-order valence-corrected chi connectivity index (χ2v) is 11.5. The fourth-order valence-corrected chi connectivity index (χ4v) is 5.51. The van der Waals surface area contributed by atoms with Crippen molar-refractivity contribution < 1.29 is 24.2 Å². The molecule has 0 spiro atoms. The quantitative estimate of drug-likeness (QED) is 0.331. The van der Waals surface area contributed by atoms with Crippen LogP contribution in [0.5, 0.6) is 5.75 Å². The maximum Gasteiger partial charge on any atom is 0.344 e. The summed E-state index contributed by atoms with van der Waals surface area (Å²) in [5.74, 6) is 1.71. The molecule has 0 saturated heterocycles. The lowest BCUT2D eigenvalue weighted by Gasteiger charge is -2.32. The van der Waals surface area contributed by atoms with Crippen molar-refractivity contribution in [3.8, 4) is 5.75 Å². The van der Waals surface area contributed by atoms with E-state index in [0.29, 0.717) is 30.5 Å². The molecule has 0 radical (unpaired) electrons. The molecule has 1 aromatic carbocycles. The van der Waals surface area contributed by atoms with E-state index in [1.54, 1.807) is 0 Å². The topological polar surface area (TPSA) is 72.8 Å². The van der Waals surface area contributed by atoms with Crippen molar-refractivity contribution in [3.63, 3.8) is 0 Å². The molecule has 5 atom stereocenters. The normalized spacial score (nSPS) is 24.8. The van der Waals surface area contributed by atoms with Crippen molar-refractivity contribution in [2.75, 3.05) is 6.61 Å². The number of ether oxygens (including phenoxy) is 2. The van der Waals surface area contributed by atoms with Crippen molar-refractivity contribution >= 4 is 11.8 Å². The Labute approximate surface area is 205 Å². The van der Waals surface area contributed by atoms with E-state index >= 15 is 0 Å². The number of benzene rings is 1. The molecule has 0 bridgehead atoms. The number of ketones is 1. The van der Waals surface area contributed by atoms with Crippen molar-refractivity contribution in [1.29, 1.82) is 0 Å². The van der Waals surface area contributed by atoms with Crippen molar-refractivity contribution in [1.82, 2.24) is 0 Å². The molecule has 1 fully saturated rings. The van der Waals surface area contributed by atoms with Crippen molar-refractivity contribution in [2.45, 2.75) is 105 Å². The third-order valence-corrected chi connectivity index (χ3v) is 8.03. The summed E-state index contributed by atoms with van der Waals surface area (Å²) in [5.41, 5.74) is 2.28. The van der Waals surface area contributed by atoms with E-state index in [1.165, 1.54) is 5.56 Å². The molecule has 190 valence electrons. The van der Waals surface area contributed by atoms with Gasteiger partial charge in [0.25, 0.3) is 0 Å². The summed E-state index contributed by atoms with van der Waals surface area (Å²) >= 11 is 0. The van der Waals surface area contributed by atoms with Gasteiger partial charge in [-0.3, -0.25) is 4.79 Å². The predicted octanol–water partition coefficient (Wildman–Crippen LogP) is 5.68. The maximum absolute atomic E-state index is 12.3. The van der Waals surface area contributed by atoms with Crippen LogP contribution in [-0.4, -0.2) is 35.7 Å². The van der Waals surface area contributed by atoms with Gasteiger partial charge in [-0.1, -0.05) is 52.7 Å². The summed E-state index contributed by atoms with van der Waals surface area (Å²) < 4.78 is 11.5. The molecule has 0 unspecified atom stereocenters. The van der Waals surface area contributed by atoms with Gasteiger partial charge in [0.15, 0.2) is 6.61 Å². The molecule has 1 aromatic rings. The molecule has 0 aromatic heterocycles. The van der Waals surface area contributed by atoms with Crippen molar-refractivity contribution in [3.05, 3.63) is 29.3 Å². The Balaban J connectivity index is 1.59. The van der Waals surface area contributed by atoms with E-state index in [9.17, 15) is 14.7 Å². The monoisotopic (exact) mass is 472 g/mol. The Bertz CT molecular complexity index is 839. The molecule has 0 amide bonds. The van der Waals surface area contributed by atoms with Crippen molar-refractivity contribution in [2.24, 2.45) is 23.2 Å². The fourth-order valence-electron chi connectivity index (χ4n) is 5.51. The number of fused-ring (bicyclic) bond motifs is 2. The molecule has 5 heteroatoms. The van der Waals surface area contributed by atoms with E-state index in [0.717, 1.165) is 56.3 Å². The number of aliphatic hydroxyl groups is 1. The number of carbonyl (C=O) groups is 2. The zero-order valence-electron chi connectivity index (χ0n) is 21.8. The number of Topliss-reactive ketones (excluding diaryl/α,β-unsaturated/α-hetero) is 1. The minimum atomic E-state index is -0.353. The third-order valence-electron chi connectivity index (χ3n) is 8.03. The van der Waals surface area contributed by atoms with Gasteiger partial charge < -0.3 is 14.6 Å². The van der Waals surface area contributed by atoms with Crippen LogP contribution in [0.3, 0.4) is 0 Å². The lowest BCUT2D eigenvalue weighted by atomic mass is 9.73. The van der Waals surface area contributed by atoms with Crippen LogP contribution in [-0.2, 0) is 27.2 Å². The van der Waals surface area contributed by atoms with Gasteiger partial charge in [0.1, 0.15) is 17.6 Å². The molecule has 0 heterocycles. The van der Waals surface area contributed by atoms with Gasteiger partial charge in [0, 0.05) is 12.8 Å². The van der Waals surface area contributed by atoms with Gasteiger partial charge >= 0.3 is 5.97 Å². The second kappa shape index (κ2) is 11.7. The minimum Gasteiger partial charge on any atom is -0.482 e. The van der Waals surface area contributed by atoms with Crippen LogP contribution in [0.4, 0.5) is 0 Å². The SMILES string of the molecule is CCCCCC(=O)CC[C@@H]1[C@H]2Cc3cccc(OCC(=O)O[C@H](C)C(C)(C)C)c3C[C@H]2C[C@H]1O. The maximum atomic E-state index is 12.3. The zero-order valence-corrected chi connectivity index (χ0v) is 21.8. The lowest BCUT2D eigenvalue weighted by molar-refractivity contribution is -0.155. The number of hydrogen-bond donors (Lipinski definition) is 1. The Kier molecular flexibility index (Phi) is 9.20. The summed E-state index contributed by atoms with van der Waals surface area (Å²) in [6.07, 6.45) is 7.25. The van der Waals surface area contributed by atoms with Crippen LogP contribution in [0.1, 0.15) is 90.7 Å². The van der Waals surface area contributed by atoms with Gasteiger partial charge in [-0.15, -0.1) is 0 Å². The van der Waals surface area contributed by atoms with Gasteiger partial charge in [-0.2, -0.15) is 0 Å². The standard InChI is InChI=1S/C29H44O5/c1-6-7-8-11-22(30)13-14-23-24-15-20-10-9-12-27(25(20)16-21(24)17-26(23)31)33-18-28(32)34-19(2)29(3,4)5/h9-10,12,19,21,23-24,26,31H,6-8,11,13-18H2,1-5H3/t19-,21+,23-,24+,26-/m1/s1. The van der Waals surface area contributed by atoms with Crippen LogP contribution in [0.25, 0.3) is 0 Å². The number of aliphatic hydroxyl groups excluding tert-OH is 1. The highest BCUT2D eigenvalue weighted by Gasteiger charge is 2.44. The van der Waals surface area contributed by atoms with E-state index in [2.05, 4.69) is 13.0 Å². The molecule has 0 aliphatic heterocycles. The smallest absolute Gasteiger partial charge is 0.344 e. The summed E-state index contributed by atoms with van der Waals surface area (Å²) in [4.78, 5) is 24.6. The Morgan fingerprint density at radius 2 is 1.91 bits per heavy atom. The van der Waals surface area contributed by atoms with Gasteiger partial charge in [0.2, 0.25) is 0 Å². The summed E-state index contributed by atoms with van der Waals surface area (Å²) in [5, 5.41) is 10.8. The number of esters is 1. The highest BCUT2D eigenvalue weighted by atomic mass is 16.6. The van der Waals surface area contributed by atoms with Gasteiger partial charge in [-0.05, 0) is 79.4 Å². The molecule has 1 saturated carbocycles. The first kappa shape index (κ1) is 26.7. The molecule has 34 heavy (non-hydrogen) atoms. The second-order valence-electron chi connectivity index (χ2n) is 11.5. The molecular formula is C29H44O5. The molecular weight excluding hydrogens is 428 g/mol. The fraction of sp³-hybridized carbons (Fsp3) is 0.724. The molecule has 2 aliphatic carbocycles. The largest absolute Gasteiger partial charge is 0.482 e. The van der Waals surface area contributed by atoms with Crippen LogP contribution >= 0.6 is 0 Å². The molecule has 2 aliphatic rings. The molecule has 1 N–H and O–H groups in total. The van der Waals surface area contributed by atoms with Gasteiger partial charge in [-0.25, -0.2) is 4.79 Å². The average Bonchev–Trinajstić information content (AvgIpc) is 3.08. The summed E-state index contributed by atoms with van der Waals surface area (Å²) in [7, 11) is 0. The third kappa shape index (κ3) is 6.84. The average molecular weight is 473 g/mol. The number of hydrogen-bond acceptors (Lipinski definition) is 5.